The standard InChI is InChI=1S/C25H21ClN4O6S/c26-16-6-8-18(9-7-16)36-19-10-12-20(13-11-19)37(34,35)29-15-14-21-22(23(29)24(31)28-33)25(32)30(27-21)17-4-2-1-3-5-17/h1-13,23,27,33H,14-15H2,(H,28,31). The number of benzene rings is 3. The maximum atomic E-state index is 13.6. The van der Waals surface area contributed by atoms with Gasteiger partial charge in [-0.05, 0) is 60.7 Å². The van der Waals surface area contributed by atoms with Crippen LogP contribution in [0.3, 0.4) is 0 Å². The number of amides is 1. The SMILES string of the molecule is O=C(NO)C1c2c([nH]n(-c3ccccc3)c2=O)CCN1S(=O)(=O)c1ccc(Oc2ccc(Cl)cc2)cc1. The molecule has 190 valence electrons. The molecule has 0 radical (unpaired) electrons. The maximum Gasteiger partial charge on any atom is 0.276 e. The number of ether oxygens (including phenoxy) is 1. The van der Waals surface area contributed by atoms with Crippen LogP contribution in [0.4, 0.5) is 0 Å². The molecule has 1 amide bonds. The number of halogens is 1. The molecular formula is C25H21ClN4O6S. The van der Waals surface area contributed by atoms with E-state index < -0.39 is 27.5 Å². The number of hydrogen-bond donors (Lipinski definition) is 3. The Morgan fingerprint density at radius 3 is 2.24 bits per heavy atom. The Labute approximate surface area is 216 Å². The van der Waals surface area contributed by atoms with Crippen LogP contribution in [0, 0.1) is 0 Å². The minimum Gasteiger partial charge on any atom is -0.457 e. The van der Waals surface area contributed by atoms with Gasteiger partial charge in [-0.2, -0.15) is 4.31 Å². The van der Waals surface area contributed by atoms with E-state index in [2.05, 4.69) is 5.10 Å². The first-order valence-corrected chi connectivity index (χ1v) is 13.0. The van der Waals surface area contributed by atoms with Gasteiger partial charge in [0.05, 0.1) is 16.1 Å². The number of aromatic amines is 1. The lowest BCUT2D eigenvalue weighted by atomic mass is 10.0. The monoisotopic (exact) mass is 540 g/mol. The Kier molecular flexibility index (Phi) is 6.61. The highest BCUT2D eigenvalue weighted by Gasteiger charge is 2.43. The fraction of sp³-hybridized carbons (Fsp3) is 0.120. The maximum absolute atomic E-state index is 13.6. The second kappa shape index (κ2) is 9.87. The largest absolute Gasteiger partial charge is 0.457 e. The Morgan fingerprint density at radius 1 is 1.00 bits per heavy atom. The van der Waals surface area contributed by atoms with Gasteiger partial charge in [0.25, 0.3) is 11.5 Å². The molecule has 37 heavy (non-hydrogen) atoms. The highest BCUT2D eigenvalue weighted by atomic mass is 35.5. The molecule has 0 spiro atoms. The lowest BCUT2D eigenvalue weighted by Crippen LogP contribution is -2.48. The third-order valence-electron chi connectivity index (χ3n) is 6.00. The van der Waals surface area contributed by atoms with Crippen LogP contribution in [0.1, 0.15) is 17.3 Å². The third-order valence-corrected chi connectivity index (χ3v) is 8.13. The van der Waals surface area contributed by atoms with Gasteiger partial charge in [0.15, 0.2) is 0 Å². The highest BCUT2D eigenvalue weighted by molar-refractivity contribution is 7.89. The van der Waals surface area contributed by atoms with Crippen LogP contribution in [-0.2, 0) is 21.2 Å². The van der Waals surface area contributed by atoms with Crippen LogP contribution in [0.2, 0.25) is 5.02 Å². The molecule has 1 aromatic heterocycles. The number of aromatic nitrogens is 2. The molecule has 1 aliphatic heterocycles. The predicted molar refractivity (Wildman–Crippen MR) is 135 cm³/mol. The Morgan fingerprint density at radius 2 is 1.62 bits per heavy atom. The molecule has 1 aliphatic rings. The summed E-state index contributed by atoms with van der Waals surface area (Å²) < 4.78 is 35.1. The Hall–Kier alpha value is -3.90. The molecule has 5 rings (SSSR count). The first kappa shape index (κ1) is 24.8. The molecule has 4 aromatic rings. The molecule has 3 aromatic carbocycles. The Balaban J connectivity index is 1.49. The third kappa shape index (κ3) is 4.65. The zero-order valence-corrected chi connectivity index (χ0v) is 20.7. The number of nitrogens with one attached hydrogen (secondary N) is 2. The summed E-state index contributed by atoms with van der Waals surface area (Å²) in [6.07, 6.45) is 0.163. The van der Waals surface area contributed by atoms with Gasteiger partial charge < -0.3 is 4.74 Å². The van der Waals surface area contributed by atoms with Crippen molar-refractivity contribution < 1.29 is 23.2 Å². The van der Waals surface area contributed by atoms with E-state index >= 15 is 0 Å². The number of nitrogens with zero attached hydrogens (tertiary/aromatic N) is 2. The summed E-state index contributed by atoms with van der Waals surface area (Å²) in [6, 6.07) is 19.5. The summed E-state index contributed by atoms with van der Waals surface area (Å²) in [6.45, 7) is -0.0921. The molecular weight excluding hydrogens is 520 g/mol. The first-order valence-electron chi connectivity index (χ1n) is 11.2. The minimum atomic E-state index is -4.25. The van der Waals surface area contributed by atoms with E-state index in [0.717, 1.165) is 4.31 Å². The van der Waals surface area contributed by atoms with Crippen molar-refractivity contribution in [1.82, 2.24) is 19.6 Å². The molecule has 2 heterocycles. The lowest BCUT2D eigenvalue weighted by Gasteiger charge is -2.32. The summed E-state index contributed by atoms with van der Waals surface area (Å²) in [5, 5.41) is 12.9. The van der Waals surface area contributed by atoms with E-state index in [1.54, 1.807) is 54.6 Å². The highest BCUT2D eigenvalue weighted by Crippen LogP contribution is 2.33. The normalized spacial score (nSPS) is 15.7. The van der Waals surface area contributed by atoms with Gasteiger partial charge in [0.2, 0.25) is 10.0 Å². The molecule has 0 saturated carbocycles. The van der Waals surface area contributed by atoms with E-state index in [-0.39, 0.29) is 23.4 Å². The van der Waals surface area contributed by atoms with Crippen molar-refractivity contribution >= 4 is 27.5 Å². The molecule has 1 atom stereocenters. The first-order chi connectivity index (χ1) is 17.8. The smallest absolute Gasteiger partial charge is 0.276 e. The van der Waals surface area contributed by atoms with Gasteiger partial charge in [-0.1, -0.05) is 29.8 Å². The molecule has 0 bridgehead atoms. The number of rotatable bonds is 6. The second-order valence-corrected chi connectivity index (χ2v) is 10.6. The average molecular weight is 541 g/mol. The van der Waals surface area contributed by atoms with E-state index in [1.165, 1.54) is 34.4 Å². The quantitative estimate of drug-likeness (QED) is 0.253. The summed E-state index contributed by atoms with van der Waals surface area (Å²) in [7, 11) is -4.25. The van der Waals surface area contributed by atoms with Crippen LogP contribution in [0.15, 0.2) is 88.6 Å². The van der Waals surface area contributed by atoms with Gasteiger partial charge >= 0.3 is 0 Å². The van der Waals surface area contributed by atoms with Crippen molar-refractivity contribution in [2.24, 2.45) is 0 Å². The van der Waals surface area contributed by atoms with E-state index in [4.69, 9.17) is 16.3 Å². The number of sulfonamides is 1. The second-order valence-electron chi connectivity index (χ2n) is 8.25. The van der Waals surface area contributed by atoms with Gasteiger partial charge in [-0.3, -0.25) is 19.9 Å². The van der Waals surface area contributed by atoms with Gasteiger partial charge in [0.1, 0.15) is 17.5 Å². The van der Waals surface area contributed by atoms with Crippen molar-refractivity contribution in [2.75, 3.05) is 6.54 Å². The van der Waals surface area contributed by atoms with Gasteiger partial charge in [0, 0.05) is 23.7 Å². The molecule has 3 N–H and O–H groups in total. The topological polar surface area (TPSA) is 134 Å². The Bertz CT molecular complexity index is 1600. The van der Waals surface area contributed by atoms with Gasteiger partial charge in [-0.15, -0.1) is 0 Å². The van der Waals surface area contributed by atoms with Crippen LogP contribution in [-0.4, -0.2) is 40.2 Å². The van der Waals surface area contributed by atoms with E-state index in [0.29, 0.717) is 27.9 Å². The number of hydrogen-bond acceptors (Lipinski definition) is 6. The van der Waals surface area contributed by atoms with Crippen molar-refractivity contribution in [1.29, 1.82) is 0 Å². The number of H-pyrrole nitrogens is 1. The number of carbonyl (C=O) groups is 1. The number of carbonyl (C=O) groups excluding carboxylic acids is 1. The fourth-order valence-corrected chi connectivity index (χ4v) is 5.94. The van der Waals surface area contributed by atoms with Crippen LogP contribution in [0.25, 0.3) is 5.69 Å². The van der Waals surface area contributed by atoms with E-state index in [9.17, 15) is 23.2 Å². The molecule has 1 unspecified atom stereocenters. The molecule has 0 aliphatic carbocycles. The average Bonchev–Trinajstić information content (AvgIpc) is 3.26. The minimum absolute atomic E-state index is 0.0482. The lowest BCUT2D eigenvalue weighted by molar-refractivity contribution is -0.133. The van der Waals surface area contributed by atoms with Crippen LogP contribution < -0.4 is 15.8 Å². The van der Waals surface area contributed by atoms with Crippen molar-refractivity contribution in [2.45, 2.75) is 17.4 Å². The molecule has 0 saturated heterocycles. The fourth-order valence-electron chi connectivity index (χ4n) is 4.26. The van der Waals surface area contributed by atoms with Crippen molar-refractivity contribution in [3.05, 3.63) is 105 Å². The van der Waals surface area contributed by atoms with Gasteiger partial charge in [-0.25, -0.2) is 18.6 Å². The predicted octanol–water partition coefficient (Wildman–Crippen LogP) is 3.40. The molecule has 10 nitrogen and oxygen atoms in total. The molecule has 12 heteroatoms. The molecule has 0 fully saturated rings. The van der Waals surface area contributed by atoms with Crippen molar-refractivity contribution in [3.63, 3.8) is 0 Å². The zero-order chi connectivity index (χ0) is 26.2. The summed E-state index contributed by atoms with van der Waals surface area (Å²) in [5.41, 5.74) is 1.82. The zero-order valence-electron chi connectivity index (χ0n) is 19.2. The van der Waals surface area contributed by atoms with E-state index in [1.807, 2.05) is 0 Å². The van der Waals surface area contributed by atoms with Crippen LogP contribution in [0.5, 0.6) is 11.5 Å². The number of fused-ring (bicyclic) bond motifs is 1. The number of hydroxylamine groups is 1. The summed E-state index contributed by atoms with van der Waals surface area (Å²) >= 11 is 5.88. The summed E-state index contributed by atoms with van der Waals surface area (Å²) in [5.74, 6) is -0.128. The number of para-hydroxylation sites is 1. The van der Waals surface area contributed by atoms with Crippen LogP contribution >= 0.6 is 11.6 Å². The van der Waals surface area contributed by atoms with Crippen molar-refractivity contribution in [3.8, 4) is 17.2 Å². The summed E-state index contributed by atoms with van der Waals surface area (Å²) in [4.78, 5) is 26.0.